The molecule has 0 aliphatic heterocycles. The van der Waals surface area contributed by atoms with Crippen molar-refractivity contribution in [1.29, 1.82) is 0 Å². The van der Waals surface area contributed by atoms with E-state index in [4.69, 9.17) is 0 Å². The molecule has 0 saturated heterocycles. The molecule has 4 heteroatoms. The zero-order valence-electron chi connectivity index (χ0n) is 12.4. The monoisotopic (exact) mass is 291 g/mol. The number of rotatable bonds is 4. The largest absolute Gasteiger partial charge is 0.282 e. The van der Waals surface area contributed by atoms with E-state index < -0.39 is 0 Å². The molecule has 0 fully saturated rings. The third kappa shape index (κ3) is 2.81. The first-order valence-electron chi connectivity index (χ1n) is 7.39. The molecule has 0 atom stereocenters. The van der Waals surface area contributed by atoms with Gasteiger partial charge < -0.3 is 0 Å². The number of hydrogen-bond acceptors (Lipinski definition) is 3. The standard InChI is InChI=1S/C18H17N3O/c1-2-8-17-20-16-12-7-6-11-15(16)18(22)21(17)19-13-14-9-4-3-5-10-14/h3-7,9-13H,2,8H2,1H3/b19-13+. The van der Waals surface area contributed by atoms with Gasteiger partial charge in [-0.05, 0) is 24.1 Å². The summed E-state index contributed by atoms with van der Waals surface area (Å²) in [7, 11) is 0. The minimum absolute atomic E-state index is 0.124. The van der Waals surface area contributed by atoms with Crippen molar-refractivity contribution in [2.45, 2.75) is 19.8 Å². The minimum atomic E-state index is -0.124. The zero-order valence-corrected chi connectivity index (χ0v) is 12.4. The Morgan fingerprint density at radius 2 is 1.82 bits per heavy atom. The molecule has 3 rings (SSSR count). The lowest BCUT2D eigenvalue weighted by atomic mass is 10.2. The Bertz CT molecular complexity index is 866. The molecule has 1 aromatic heterocycles. The third-order valence-corrected chi connectivity index (χ3v) is 3.42. The van der Waals surface area contributed by atoms with Crippen molar-refractivity contribution in [1.82, 2.24) is 9.66 Å². The van der Waals surface area contributed by atoms with Gasteiger partial charge in [-0.3, -0.25) is 4.79 Å². The van der Waals surface area contributed by atoms with Crippen molar-refractivity contribution in [2.24, 2.45) is 5.10 Å². The Morgan fingerprint density at radius 1 is 1.09 bits per heavy atom. The van der Waals surface area contributed by atoms with Crippen molar-refractivity contribution in [2.75, 3.05) is 0 Å². The van der Waals surface area contributed by atoms with Crippen LogP contribution in [0.4, 0.5) is 0 Å². The molecule has 0 aliphatic carbocycles. The molecule has 0 spiro atoms. The van der Waals surface area contributed by atoms with Crippen LogP contribution in [0.3, 0.4) is 0 Å². The highest BCUT2D eigenvalue weighted by molar-refractivity contribution is 5.80. The zero-order chi connectivity index (χ0) is 15.4. The van der Waals surface area contributed by atoms with Gasteiger partial charge in [0.1, 0.15) is 5.82 Å². The van der Waals surface area contributed by atoms with Crippen LogP contribution in [-0.4, -0.2) is 15.9 Å². The van der Waals surface area contributed by atoms with E-state index in [9.17, 15) is 4.79 Å². The number of aromatic nitrogens is 2. The van der Waals surface area contributed by atoms with E-state index in [0.29, 0.717) is 17.6 Å². The normalized spacial score (nSPS) is 11.3. The maximum absolute atomic E-state index is 12.7. The highest BCUT2D eigenvalue weighted by Crippen LogP contribution is 2.09. The average molecular weight is 291 g/mol. The quantitative estimate of drug-likeness (QED) is 0.693. The second-order valence-corrected chi connectivity index (χ2v) is 5.07. The van der Waals surface area contributed by atoms with Crippen molar-refractivity contribution in [3.8, 4) is 0 Å². The van der Waals surface area contributed by atoms with Crippen LogP contribution in [-0.2, 0) is 6.42 Å². The Balaban J connectivity index is 2.14. The second-order valence-electron chi connectivity index (χ2n) is 5.07. The average Bonchev–Trinajstić information content (AvgIpc) is 2.56. The van der Waals surface area contributed by atoms with Gasteiger partial charge in [0.2, 0.25) is 0 Å². The van der Waals surface area contributed by atoms with Crippen LogP contribution in [0.25, 0.3) is 10.9 Å². The topological polar surface area (TPSA) is 47.2 Å². The van der Waals surface area contributed by atoms with E-state index >= 15 is 0 Å². The summed E-state index contributed by atoms with van der Waals surface area (Å²) in [6.45, 7) is 2.06. The molecule has 22 heavy (non-hydrogen) atoms. The van der Waals surface area contributed by atoms with Gasteiger partial charge in [0.25, 0.3) is 5.56 Å². The summed E-state index contributed by atoms with van der Waals surface area (Å²) in [4.78, 5) is 17.2. The predicted molar refractivity (Wildman–Crippen MR) is 89.4 cm³/mol. The number of fused-ring (bicyclic) bond motifs is 1. The number of aryl methyl sites for hydroxylation is 1. The molecule has 0 amide bonds. The van der Waals surface area contributed by atoms with Gasteiger partial charge in [0.05, 0.1) is 17.1 Å². The van der Waals surface area contributed by atoms with Crippen LogP contribution in [0.1, 0.15) is 24.7 Å². The van der Waals surface area contributed by atoms with Crippen LogP contribution in [0, 0.1) is 0 Å². The Labute approximate surface area is 128 Å². The molecule has 0 unspecified atom stereocenters. The first kappa shape index (κ1) is 14.2. The van der Waals surface area contributed by atoms with E-state index in [1.807, 2.05) is 48.5 Å². The molecule has 4 nitrogen and oxygen atoms in total. The lowest BCUT2D eigenvalue weighted by Gasteiger charge is -2.08. The molecule has 2 aromatic carbocycles. The van der Waals surface area contributed by atoms with Gasteiger partial charge in [-0.1, -0.05) is 49.4 Å². The number of nitrogens with zero attached hydrogens (tertiary/aromatic N) is 3. The molecule has 1 heterocycles. The summed E-state index contributed by atoms with van der Waals surface area (Å²) in [5.74, 6) is 0.693. The molecule has 3 aromatic rings. The SMILES string of the molecule is CCCc1nc2ccccc2c(=O)n1/N=C/c1ccccc1. The maximum Gasteiger partial charge on any atom is 0.282 e. The second kappa shape index (κ2) is 6.35. The van der Waals surface area contributed by atoms with E-state index in [1.165, 1.54) is 4.68 Å². The van der Waals surface area contributed by atoms with Crippen molar-refractivity contribution in [3.05, 3.63) is 76.3 Å². The summed E-state index contributed by atoms with van der Waals surface area (Å²) in [5, 5.41) is 4.95. The van der Waals surface area contributed by atoms with Gasteiger partial charge in [-0.25, -0.2) is 4.98 Å². The highest BCUT2D eigenvalue weighted by atomic mass is 16.1. The van der Waals surface area contributed by atoms with Gasteiger partial charge in [0, 0.05) is 6.42 Å². The first-order valence-corrected chi connectivity index (χ1v) is 7.39. The number of benzene rings is 2. The van der Waals surface area contributed by atoms with Crippen molar-refractivity contribution in [3.63, 3.8) is 0 Å². The van der Waals surface area contributed by atoms with Gasteiger partial charge in [-0.15, -0.1) is 0 Å². The van der Waals surface area contributed by atoms with Crippen LogP contribution >= 0.6 is 0 Å². The fourth-order valence-electron chi connectivity index (χ4n) is 2.34. The molecule has 0 aliphatic rings. The van der Waals surface area contributed by atoms with E-state index in [1.54, 1.807) is 12.3 Å². The fourth-order valence-corrected chi connectivity index (χ4v) is 2.34. The van der Waals surface area contributed by atoms with Crippen LogP contribution in [0.2, 0.25) is 0 Å². The van der Waals surface area contributed by atoms with Crippen LogP contribution in [0.15, 0.2) is 64.5 Å². The lowest BCUT2D eigenvalue weighted by Crippen LogP contribution is -2.22. The first-order chi connectivity index (χ1) is 10.8. The summed E-state index contributed by atoms with van der Waals surface area (Å²) >= 11 is 0. The number of para-hydroxylation sites is 1. The smallest absolute Gasteiger partial charge is 0.267 e. The van der Waals surface area contributed by atoms with Crippen molar-refractivity contribution >= 4 is 17.1 Å². The molecule has 0 saturated carbocycles. The molecular formula is C18H17N3O. The van der Waals surface area contributed by atoms with E-state index in [-0.39, 0.29) is 5.56 Å². The predicted octanol–water partition coefficient (Wildman–Crippen LogP) is 3.23. The minimum Gasteiger partial charge on any atom is -0.267 e. The molecule has 0 radical (unpaired) electrons. The third-order valence-electron chi connectivity index (χ3n) is 3.42. The summed E-state index contributed by atoms with van der Waals surface area (Å²) in [6, 6.07) is 17.1. The number of hydrogen-bond donors (Lipinski definition) is 0. The Morgan fingerprint density at radius 3 is 2.59 bits per heavy atom. The van der Waals surface area contributed by atoms with Crippen molar-refractivity contribution < 1.29 is 0 Å². The molecule has 110 valence electrons. The molecular weight excluding hydrogens is 274 g/mol. The van der Waals surface area contributed by atoms with Crippen LogP contribution in [0.5, 0.6) is 0 Å². The Kier molecular flexibility index (Phi) is 4.10. The van der Waals surface area contributed by atoms with E-state index in [2.05, 4.69) is 17.0 Å². The summed E-state index contributed by atoms with van der Waals surface area (Å²) in [6.07, 6.45) is 3.31. The summed E-state index contributed by atoms with van der Waals surface area (Å²) in [5.41, 5.74) is 1.55. The van der Waals surface area contributed by atoms with Gasteiger partial charge in [-0.2, -0.15) is 9.78 Å². The fraction of sp³-hybridized carbons (Fsp3) is 0.167. The summed E-state index contributed by atoms with van der Waals surface area (Å²) < 4.78 is 1.42. The lowest BCUT2D eigenvalue weighted by molar-refractivity contribution is 0.704. The van der Waals surface area contributed by atoms with E-state index in [0.717, 1.165) is 17.5 Å². The molecule has 0 bridgehead atoms. The maximum atomic E-state index is 12.7. The van der Waals surface area contributed by atoms with Crippen LogP contribution < -0.4 is 5.56 Å². The molecule has 0 N–H and O–H groups in total. The Hall–Kier alpha value is -2.75. The van der Waals surface area contributed by atoms with Gasteiger partial charge >= 0.3 is 0 Å². The highest BCUT2D eigenvalue weighted by Gasteiger charge is 2.09. The van der Waals surface area contributed by atoms with Gasteiger partial charge in [0.15, 0.2) is 0 Å².